The van der Waals surface area contributed by atoms with Crippen LogP contribution in [0.15, 0.2) is 23.0 Å². The molecule has 0 amide bonds. The van der Waals surface area contributed by atoms with Crippen LogP contribution in [0.2, 0.25) is 0 Å². The first-order valence-corrected chi connectivity index (χ1v) is 23.0. The number of hydrogen-bond acceptors (Lipinski definition) is 17. The number of rotatable bonds is 12. The molecular formula is C45H72O17. The molecule has 0 aromatic carbocycles. The van der Waals surface area contributed by atoms with Gasteiger partial charge >= 0.3 is 0 Å². The number of allylic oxidation sites excluding steroid dienone is 2. The van der Waals surface area contributed by atoms with Gasteiger partial charge in [0.2, 0.25) is 0 Å². The Labute approximate surface area is 363 Å². The van der Waals surface area contributed by atoms with Crippen LogP contribution < -0.4 is 0 Å². The van der Waals surface area contributed by atoms with Gasteiger partial charge in [0.15, 0.2) is 18.9 Å². The fraction of sp³-hybridized carbons (Fsp3) is 0.911. The van der Waals surface area contributed by atoms with Crippen molar-refractivity contribution in [2.45, 2.75) is 197 Å². The van der Waals surface area contributed by atoms with Crippen LogP contribution >= 0.6 is 0 Å². The highest BCUT2D eigenvalue weighted by Gasteiger charge is 2.64. The predicted octanol–water partition coefficient (Wildman–Crippen LogP) is 0.118. The molecule has 0 aromatic rings. The van der Waals surface area contributed by atoms with Crippen molar-refractivity contribution in [3.05, 3.63) is 23.0 Å². The van der Waals surface area contributed by atoms with Crippen molar-refractivity contribution in [1.82, 2.24) is 0 Å². The zero-order valence-electron chi connectivity index (χ0n) is 36.6. The minimum Gasteiger partial charge on any atom is -0.494 e. The van der Waals surface area contributed by atoms with Gasteiger partial charge in [0.05, 0.1) is 37.8 Å². The van der Waals surface area contributed by atoms with Crippen molar-refractivity contribution in [2.75, 3.05) is 19.8 Å². The fourth-order valence-corrected chi connectivity index (χ4v) is 13.1. The molecule has 8 aliphatic rings. The van der Waals surface area contributed by atoms with E-state index in [9.17, 15) is 51.1 Å². The number of aliphatic hydroxyl groups is 10. The second-order valence-electron chi connectivity index (χ2n) is 20.4. The van der Waals surface area contributed by atoms with E-state index in [2.05, 4.69) is 33.8 Å². The summed E-state index contributed by atoms with van der Waals surface area (Å²) in [6.07, 6.45) is -9.70. The zero-order chi connectivity index (χ0) is 44.6. The molecule has 354 valence electrons. The van der Waals surface area contributed by atoms with Gasteiger partial charge in [0.1, 0.15) is 73.2 Å². The minimum atomic E-state index is -1.63. The Morgan fingerprint density at radius 3 is 2.15 bits per heavy atom. The molecular weight excluding hydrogens is 812 g/mol. The first-order valence-electron chi connectivity index (χ1n) is 23.0. The number of aliphatic hydroxyl groups excluding tert-OH is 10. The van der Waals surface area contributed by atoms with Crippen LogP contribution in [0.3, 0.4) is 0 Å². The molecule has 0 spiro atoms. The standard InChI is InChI=1S/C45H72O17/c1-19(18-56-41-37(53)35(51)33(49)29(16-46)60-41)6-9-27-20(2)31-28(59-27)15-26-24-8-7-22-14-23(10-12-44(22,4)25(24)11-13-45(26,31)5)58-43-39(55)36(52)40(30(17-47)61-43)62-42-38(54)34(50)32(48)21(3)57-42/h7,19,21,23-26,28-43,46-55H,6,8-18H2,1-5H3. The monoisotopic (exact) mass is 884 g/mol. The van der Waals surface area contributed by atoms with Gasteiger partial charge in [-0.1, -0.05) is 32.4 Å². The predicted molar refractivity (Wildman–Crippen MR) is 216 cm³/mol. The molecule has 17 nitrogen and oxygen atoms in total. The summed E-state index contributed by atoms with van der Waals surface area (Å²) < 4.78 is 41.8. The number of ether oxygens (including phenoxy) is 7. The highest BCUT2D eigenvalue weighted by Crippen LogP contribution is 2.69. The SMILES string of the molecule is CC1=C(CCC(C)COC2OC(CO)C(O)C(O)C2O)OC2CC3C4CC=C5CC(OC6OC(CO)C(OC7OC(C)C(O)C(O)C7O)C(O)C6O)CCC5(C)C4CCC3(C)C12. The van der Waals surface area contributed by atoms with E-state index in [-0.39, 0.29) is 35.6 Å². The summed E-state index contributed by atoms with van der Waals surface area (Å²) in [4.78, 5) is 0. The molecule has 24 atom stereocenters. The lowest BCUT2D eigenvalue weighted by Gasteiger charge is -2.58. The second-order valence-corrected chi connectivity index (χ2v) is 20.4. The third kappa shape index (κ3) is 8.25. The van der Waals surface area contributed by atoms with Gasteiger partial charge < -0.3 is 84.2 Å². The summed E-state index contributed by atoms with van der Waals surface area (Å²) in [6, 6.07) is 0. The first kappa shape index (κ1) is 47.1. The van der Waals surface area contributed by atoms with Crippen LogP contribution in [0, 0.1) is 40.4 Å². The van der Waals surface area contributed by atoms with Crippen molar-refractivity contribution in [1.29, 1.82) is 0 Å². The van der Waals surface area contributed by atoms with Crippen molar-refractivity contribution in [3.8, 4) is 0 Å². The molecule has 24 unspecified atom stereocenters. The smallest absolute Gasteiger partial charge is 0.187 e. The summed E-state index contributed by atoms with van der Waals surface area (Å²) in [7, 11) is 0. The van der Waals surface area contributed by atoms with Crippen LogP contribution in [0.1, 0.15) is 92.4 Å². The molecule has 0 radical (unpaired) electrons. The first-order chi connectivity index (χ1) is 29.4. The molecule has 4 aliphatic heterocycles. The van der Waals surface area contributed by atoms with Gasteiger partial charge in [-0.15, -0.1) is 0 Å². The van der Waals surface area contributed by atoms with Crippen LogP contribution in [-0.2, 0) is 33.2 Å². The van der Waals surface area contributed by atoms with Crippen LogP contribution in [0.25, 0.3) is 0 Å². The summed E-state index contributed by atoms with van der Waals surface area (Å²) in [5, 5.41) is 103. The second kappa shape index (κ2) is 18.4. The van der Waals surface area contributed by atoms with Crippen LogP contribution in [0.4, 0.5) is 0 Å². The minimum absolute atomic E-state index is 0.000752. The third-order valence-electron chi connectivity index (χ3n) is 16.8. The maximum atomic E-state index is 11.2. The molecule has 17 heteroatoms. The van der Waals surface area contributed by atoms with E-state index in [0.717, 1.165) is 57.1 Å². The van der Waals surface area contributed by atoms with E-state index >= 15 is 0 Å². The van der Waals surface area contributed by atoms with Gasteiger partial charge in [-0.25, -0.2) is 0 Å². The molecule has 8 rings (SSSR count). The average molecular weight is 885 g/mol. The lowest BCUT2D eigenvalue weighted by atomic mass is 9.47. The van der Waals surface area contributed by atoms with Gasteiger partial charge in [-0.3, -0.25) is 0 Å². The zero-order valence-corrected chi connectivity index (χ0v) is 36.6. The molecule has 4 heterocycles. The van der Waals surface area contributed by atoms with Gasteiger partial charge in [0, 0.05) is 12.3 Å². The van der Waals surface area contributed by atoms with E-state index in [0.29, 0.717) is 30.1 Å². The quantitative estimate of drug-likeness (QED) is 0.117. The normalized spacial score (nSPS) is 52.0. The molecule has 0 aromatic heterocycles. The lowest BCUT2D eigenvalue weighted by molar-refractivity contribution is -0.360. The molecule has 10 N–H and O–H groups in total. The van der Waals surface area contributed by atoms with Crippen LogP contribution in [-0.4, -0.2) is 175 Å². The number of hydrogen-bond donors (Lipinski definition) is 10. The molecule has 62 heavy (non-hydrogen) atoms. The van der Waals surface area contributed by atoms with E-state index in [1.165, 1.54) is 18.1 Å². The van der Waals surface area contributed by atoms with E-state index in [1.807, 2.05) is 0 Å². The summed E-state index contributed by atoms with van der Waals surface area (Å²) in [6.45, 7) is 9.88. The Bertz CT molecular complexity index is 1630. The highest BCUT2D eigenvalue weighted by atomic mass is 16.7. The van der Waals surface area contributed by atoms with E-state index in [1.54, 1.807) is 0 Å². The topological polar surface area (TPSA) is 267 Å². The average Bonchev–Trinajstić information content (AvgIpc) is 3.74. The van der Waals surface area contributed by atoms with Gasteiger partial charge in [0.25, 0.3) is 0 Å². The highest BCUT2D eigenvalue weighted by molar-refractivity contribution is 5.30. The molecule has 0 bridgehead atoms. The van der Waals surface area contributed by atoms with Crippen molar-refractivity contribution in [2.24, 2.45) is 40.4 Å². The summed E-state index contributed by atoms with van der Waals surface area (Å²) >= 11 is 0. The third-order valence-corrected chi connectivity index (χ3v) is 16.8. The molecule has 3 saturated heterocycles. The Hall–Kier alpha value is -1.36. The summed E-state index contributed by atoms with van der Waals surface area (Å²) in [5.41, 5.74) is 2.84. The maximum Gasteiger partial charge on any atom is 0.187 e. The number of fused-ring (bicyclic) bond motifs is 7. The van der Waals surface area contributed by atoms with E-state index in [4.69, 9.17) is 33.2 Å². The largest absolute Gasteiger partial charge is 0.494 e. The molecule has 4 aliphatic carbocycles. The maximum absolute atomic E-state index is 11.2. The van der Waals surface area contributed by atoms with Crippen molar-refractivity contribution < 1.29 is 84.2 Å². The Morgan fingerprint density at radius 1 is 0.758 bits per heavy atom. The summed E-state index contributed by atoms with van der Waals surface area (Å²) in [5.74, 6) is 3.10. The Morgan fingerprint density at radius 2 is 1.42 bits per heavy atom. The Balaban J connectivity index is 0.854. The molecule has 3 saturated carbocycles. The lowest BCUT2D eigenvalue weighted by Crippen LogP contribution is -2.64. The van der Waals surface area contributed by atoms with Crippen LogP contribution in [0.5, 0.6) is 0 Å². The van der Waals surface area contributed by atoms with E-state index < -0.39 is 105 Å². The van der Waals surface area contributed by atoms with Gasteiger partial charge in [-0.05, 0) is 105 Å². The van der Waals surface area contributed by atoms with Crippen molar-refractivity contribution in [3.63, 3.8) is 0 Å². The van der Waals surface area contributed by atoms with Gasteiger partial charge in [-0.2, -0.15) is 0 Å². The van der Waals surface area contributed by atoms with Crippen molar-refractivity contribution >= 4 is 0 Å². The molecule has 6 fully saturated rings. The Kier molecular flexibility index (Phi) is 14.0. The fourth-order valence-electron chi connectivity index (χ4n) is 13.1.